The maximum absolute atomic E-state index is 13.3. The Morgan fingerprint density at radius 2 is 1.76 bits per heavy atom. The number of hydrogen-bond acceptors (Lipinski definition) is 8. The third kappa shape index (κ3) is 12.4. The molecule has 2 unspecified atom stereocenters. The van der Waals surface area contributed by atoms with Crippen molar-refractivity contribution in [3.05, 3.63) is 12.2 Å². The van der Waals surface area contributed by atoms with Gasteiger partial charge in [0.15, 0.2) is 0 Å². The molecule has 0 aliphatic carbocycles. The maximum atomic E-state index is 13.3. The monoisotopic (exact) mass is 540 g/mol. The van der Waals surface area contributed by atoms with E-state index in [9.17, 15) is 29.1 Å². The van der Waals surface area contributed by atoms with Crippen LogP contribution in [0, 0.1) is 11.8 Å². The Hall–Kier alpha value is -3.15. The summed E-state index contributed by atoms with van der Waals surface area (Å²) in [6.45, 7) is 12.5. The van der Waals surface area contributed by atoms with Crippen molar-refractivity contribution in [1.29, 1.82) is 0 Å². The lowest BCUT2D eigenvalue weighted by Crippen LogP contribution is -2.58. The summed E-state index contributed by atoms with van der Waals surface area (Å²) in [4.78, 5) is 62.5. The highest BCUT2D eigenvalue weighted by Crippen LogP contribution is 2.17. The van der Waals surface area contributed by atoms with Gasteiger partial charge in [0.2, 0.25) is 17.7 Å². The van der Waals surface area contributed by atoms with E-state index in [1.54, 1.807) is 27.7 Å². The maximum Gasteiger partial charge on any atom is 0.408 e. The number of aliphatic hydroxyl groups is 1. The topological polar surface area (TPSA) is 172 Å². The van der Waals surface area contributed by atoms with Crippen LogP contribution in [0.5, 0.6) is 0 Å². The largest absolute Gasteiger partial charge is 0.463 e. The van der Waals surface area contributed by atoms with Gasteiger partial charge in [-0.2, -0.15) is 0 Å². The highest BCUT2D eigenvalue weighted by Gasteiger charge is 2.33. The molecule has 1 heterocycles. The van der Waals surface area contributed by atoms with Crippen LogP contribution in [0.4, 0.5) is 4.79 Å². The van der Waals surface area contributed by atoms with Crippen molar-refractivity contribution in [2.24, 2.45) is 11.8 Å². The van der Waals surface area contributed by atoms with E-state index in [1.165, 1.54) is 19.1 Å². The van der Waals surface area contributed by atoms with Gasteiger partial charge in [-0.25, -0.2) is 9.59 Å². The predicted molar refractivity (Wildman–Crippen MR) is 140 cm³/mol. The van der Waals surface area contributed by atoms with E-state index >= 15 is 0 Å². The third-order valence-corrected chi connectivity index (χ3v) is 5.56. The number of nitrogens with one attached hydrogen (secondary N) is 4. The van der Waals surface area contributed by atoms with Gasteiger partial charge in [-0.3, -0.25) is 14.4 Å². The average molecular weight is 541 g/mol. The van der Waals surface area contributed by atoms with Crippen molar-refractivity contribution in [2.75, 3.05) is 13.2 Å². The first kappa shape index (κ1) is 32.9. The van der Waals surface area contributed by atoms with Crippen LogP contribution in [-0.4, -0.2) is 77.9 Å². The zero-order chi connectivity index (χ0) is 29.0. The Bertz CT molecular complexity index is 866. The van der Waals surface area contributed by atoms with Gasteiger partial charge < -0.3 is 35.8 Å². The molecule has 0 aromatic rings. The molecule has 4 amide bonds. The first-order chi connectivity index (χ1) is 17.6. The predicted octanol–water partition coefficient (Wildman–Crippen LogP) is 0.922. The number of carbonyl (C=O) groups excluding carboxylic acids is 5. The Morgan fingerprint density at radius 1 is 1.11 bits per heavy atom. The van der Waals surface area contributed by atoms with Crippen LogP contribution >= 0.6 is 0 Å². The van der Waals surface area contributed by atoms with Crippen molar-refractivity contribution in [3.8, 4) is 0 Å². The zero-order valence-electron chi connectivity index (χ0n) is 23.5. The summed E-state index contributed by atoms with van der Waals surface area (Å²) in [5, 5.41) is 20.7. The fraction of sp³-hybridized carbons (Fsp3) is 0.731. The second kappa shape index (κ2) is 15.3. The molecule has 0 bridgehead atoms. The molecule has 12 heteroatoms. The lowest BCUT2D eigenvalue weighted by Gasteiger charge is -2.28. The highest BCUT2D eigenvalue weighted by atomic mass is 16.6. The van der Waals surface area contributed by atoms with E-state index in [0.717, 1.165) is 0 Å². The van der Waals surface area contributed by atoms with Crippen LogP contribution < -0.4 is 21.3 Å². The summed E-state index contributed by atoms with van der Waals surface area (Å²) < 4.78 is 10.1. The smallest absolute Gasteiger partial charge is 0.408 e. The molecule has 38 heavy (non-hydrogen) atoms. The fourth-order valence-corrected chi connectivity index (χ4v) is 3.83. The molecule has 5 N–H and O–H groups in total. The summed E-state index contributed by atoms with van der Waals surface area (Å²) in [7, 11) is 0. The Labute approximate surface area is 224 Å². The van der Waals surface area contributed by atoms with Crippen molar-refractivity contribution in [3.63, 3.8) is 0 Å². The summed E-state index contributed by atoms with van der Waals surface area (Å²) in [6.07, 6.45) is 1.62. The van der Waals surface area contributed by atoms with Crippen LogP contribution in [0.15, 0.2) is 12.2 Å². The molecular formula is C26H44N4O8. The minimum Gasteiger partial charge on any atom is -0.463 e. The van der Waals surface area contributed by atoms with E-state index in [2.05, 4.69) is 21.3 Å². The lowest BCUT2D eigenvalue weighted by molar-refractivity contribution is -0.137. The summed E-state index contributed by atoms with van der Waals surface area (Å²) in [5.74, 6) is -2.35. The number of rotatable bonds is 13. The molecule has 0 aromatic heterocycles. The van der Waals surface area contributed by atoms with Gasteiger partial charge in [0.1, 0.15) is 17.7 Å². The minimum atomic E-state index is -1.37. The normalized spacial score (nSPS) is 18.8. The van der Waals surface area contributed by atoms with Crippen LogP contribution in [0.25, 0.3) is 0 Å². The van der Waals surface area contributed by atoms with E-state index in [4.69, 9.17) is 9.47 Å². The molecule has 5 atom stereocenters. The summed E-state index contributed by atoms with van der Waals surface area (Å²) in [6, 6.07) is -3.06. The Kier molecular flexibility index (Phi) is 13.2. The zero-order valence-corrected chi connectivity index (χ0v) is 23.5. The van der Waals surface area contributed by atoms with E-state index < -0.39 is 53.7 Å². The molecule has 12 nitrogen and oxygen atoms in total. The van der Waals surface area contributed by atoms with E-state index in [-0.39, 0.29) is 37.2 Å². The Balaban J connectivity index is 3.04. The SMILES string of the molecule is CCOC(=O)/C=C/[C@H](CC1CCNC1=O)NC(=O)[C@H](CC(C)C)NC(=O)[C@@H](NC(=O)OC(C)(C)C)C(C)O. The molecule has 1 fully saturated rings. The number of esters is 1. The van der Waals surface area contributed by atoms with E-state index in [0.29, 0.717) is 13.0 Å². The standard InChI is InChI=1S/C26H44N4O8/c1-8-37-20(32)10-9-18(14-17-11-12-27-22(17)33)28-23(34)19(13-15(2)3)29-24(35)21(16(4)31)30-25(36)38-26(5,6)7/h9-10,15-19,21,31H,8,11-14H2,1-7H3,(H,27,33)(H,28,34)(H,29,35)(H,30,36)/b10-9+/t16?,17?,18-,19+,21+/m1/s1. The van der Waals surface area contributed by atoms with Crippen LogP contribution in [0.1, 0.15) is 67.7 Å². The number of aliphatic hydroxyl groups excluding tert-OH is 1. The van der Waals surface area contributed by atoms with E-state index in [1.807, 2.05) is 13.8 Å². The quantitative estimate of drug-likeness (QED) is 0.169. The minimum absolute atomic E-state index is 0.00370. The first-order valence-electron chi connectivity index (χ1n) is 13.0. The second-order valence-corrected chi connectivity index (χ2v) is 10.8. The molecule has 1 aliphatic heterocycles. The number of alkyl carbamates (subject to hydrolysis) is 1. The van der Waals surface area contributed by atoms with Crippen molar-refractivity contribution < 1.29 is 38.6 Å². The molecule has 216 valence electrons. The molecule has 1 saturated heterocycles. The number of ether oxygens (including phenoxy) is 2. The summed E-state index contributed by atoms with van der Waals surface area (Å²) >= 11 is 0. The van der Waals surface area contributed by atoms with Gasteiger partial charge in [-0.1, -0.05) is 19.9 Å². The van der Waals surface area contributed by atoms with Gasteiger partial charge in [-0.15, -0.1) is 0 Å². The van der Waals surface area contributed by atoms with Gasteiger partial charge in [0.05, 0.1) is 12.7 Å². The highest BCUT2D eigenvalue weighted by molar-refractivity contribution is 5.92. The second-order valence-electron chi connectivity index (χ2n) is 10.8. The fourth-order valence-electron chi connectivity index (χ4n) is 3.83. The molecule has 1 aliphatic rings. The summed E-state index contributed by atoms with van der Waals surface area (Å²) in [5.41, 5.74) is -0.813. The molecule has 0 aromatic carbocycles. The van der Waals surface area contributed by atoms with Crippen molar-refractivity contribution in [2.45, 2.75) is 97.6 Å². The molecule has 0 saturated carbocycles. The van der Waals surface area contributed by atoms with Gasteiger partial charge >= 0.3 is 12.1 Å². The number of carbonyl (C=O) groups is 5. The van der Waals surface area contributed by atoms with Crippen molar-refractivity contribution in [1.82, 2.24) is 21.3 Å². The molecule has 1 rings (SSSR count). The number of amides is 4. The Morgan fingerprint density at radius 3 is 2.26 bits per heavy atom. The lowest BCUT2D eigenvalue weighted by atomic mass is 9.96. The van der Waals surface area contributed by atoms with Gasteiger partial charge in [0, 0.05) is 24.6 Å². The molecule has 0 radical (unpaired) electrons. The average Bonchev–Trinajstić information content (AvgIpc) is 3.17. The molecular weight excluding hydrogens is 496 g/mol. The van der Waals surface area contributed by atoms with Gasteiger partial charge in [-0.05, 0) is 59.8 Å². The van der Waals surface area contributed by atoms with Crippen LogP contribution in [0.3, 0.4) is 0 Å². The van der Waals surface area contributed by atoms with Crippen LogP contribution in [0.2, 0.25) is 0 Å². The third-order valence-electron chi connectivity index (χ3n) is 5.56. The number of hydrogen-bond donors (Lipinski definition) is 5. The van der Waals surface area contributed by atoms with Crippen molar-refractivity contribution >= 4 is 29.8 Å². The molecule has 0 spiro atoms. The van der Waals surface area contributed by atoms with Crippen LogP contribution in [-0.2, 0) is 28.7 Å². The van der Waals surface area contributed by atoms with Gasteiger partial charge in [0.25, 0.3) is 0 Å². The first-order valence-corrected chi connectivity index (χ1v) is 13.0.